The number of amides is 2. The highest BCUT2D eigenvalue weighted by atomic mass is 32.2. The fourth-order valence-electron chi connectivity index (χ4n) is 1.71. The number of hydrogen-bond acceptors (Lipinski definition) is 4. The molecule has 1 unspecified atom stereocenters. The number of hydrogen-bond donors (Lipinski definition) is 2. The maximum absolute atomic E-state index is 11.9. The summed E-state index contributed by atoms with van der Waals surface area (Å²) in [6.07, 6.45) is 2.56. The lowest BCUT2D eigenvalue weighted by Crippen LogP contribution is -2.36. The second-order valence-corrected chi connectivity index (χ2v) is 5.50. The summed E-state index contributed by atoms with van der Waals surface area (Å²) in [5.74, 6) is -0.0835. The van der Waals surface area contributed by atoms with E-state index in [0.29, 0.717) is 24.3 Å². The van der Waals surface area contributed by atoms with Gasteiger partial charge in [0.1, 0.15) is 6.04 Å². The molecule has 0 aromatic heterocycles. The van der Waals surface area contributed by atoms with Gasteiger partial charge in [-0.1, -0.05) is 13.8 Å². The summed E-state index contributed by atoms with van der Waals surface area (Å²) in [6, 6.07) is -0.877. The van der Waals surface area contributed by atoms with Crippen LogP contribution >= 0.6 is 11.8 Å². The standard InChI is InChI=1S/C13H24N2O4S/c1-3-6-15(7-4-2)12(17)9-20-8-5-11(13(18)19)14-10-16/h10-11H,3-9H2,1-2H3,(H,14,16)(H,18,19). The molecule has 0 aliphatic rings. The normalized spacial score (nSPS) is 11.7. The van der Waals surface area contributed by atoms with E-state index < -0.39 is 12.0 Å². The molecule has 0 aliphatic carbocycles. The Hall–Kier alpha value is -1.24. The van der Waals surface area contributed by atoms with Crippen molar-refractivity contribution in [3.05, 3.63) is 0 Å². The lowest BCUT2D eigenvalue weighted by atomic mass is 10.2. The summed E-state index contributed by atoms with van der Waals surface area (Å²) in [6.45, 7) is 5.59. The van der Waals surface area contributed by atoms with E-state index in [2.05, 4.69) is 5.32 Å². The molecule has 0 rings (SSSR count). The van der Waals surface area contributed by atoms with E-state index in [-0.39, 0.29) is 5.91 Å². The Morgan fingerprint density at radius 3 is 2.35 bits per heavy atom. The summed E-state index contributed by atoms with van der Waals surface area (Å²) in [5.41, 5.74) is 0. The molecule has 0 fully saturated rings. The van der Waals surface area contributed by atoms with Crippen molar-refractivity contribution < 1.29 is 19.5 Å². The van der Waals surface area contributed by atoms with Crippen molar-refractivity contribution in [2.45, 2.75) is 39.2 Å². The van der Waals surface area contributed by atoms with Crippen molar-refractivity contribution in [2.75, 3.05) is 24.6 Å². The van der Waals surface area contributed by atoms with E-state index in [0.717, 1.165) is 25.9 Å². The molecular weight excluding hydrogens is 280 g/mol. The van der Waals surface area contributed by atoms with E-state index >= 15 is 0 Å². The number of carboxylic acids is 1. The average molecular weight is 304 g/mol. The fraction of sp³-hybridized carbons (Fsp3) is 0.769. The highest BCUT2D eigenvalue weighted by Gasteiger charge is 2.16. The highest BCUT2D eigenvalue weighted by molar-refractivity contribution is 7.99. The molecule has 2 N–H and O–H groups in total. The summed E-state index contributed by atoms with van der Waals surface area (Å²) in [5, 5.41) is 11.1. The minimum absolute atomic E-state index is 0.0916. The number of carbonyl (C=O) groups excluding carboxylic acids is 2. The van der Waals surface area contributed by atoms with Crippen LogP contribution in [0.2, 0.25) is 0 Å². The zero-order valence-electron chi connectivity index (χ0n) is 12.1. The van der Waals surface area contributed by atoms with E-state index in [9.17, 15) is 14.4 Å². The average Bonchev–Trinajstić information content (AvgIpc) is 2.41. The van der Waals surface area contributed by atoms with E-state index in [4.69, 9.17) is 5.11 Å². The zero-order chi connectivity index (χ0) is 15.4. The van der Waals surface area contributed by atoms with Gasteiger partial charge in [-0.05, 0) is 25.0 Å². The second-order valence-electron chi connectivity index (χ2n) is 4.40. The molecule has 0 spiro atoms. The van der Waals surface area contributed by atoms with Gasteiger partial charge in [0.25, 0.3) is 0 Å². The predicted octanol–water partition coefficient (Wildman–Crippen LogP) is 0.958. The number of rotatable bonds is 12. The number of carboxylic acid groups (broad SMARTS) is 1. The van der Waals surface area contributed by atoms with E-state index in [1.165, 1.54) is 11.8 Å². The number of aliphatic carboxylic acids is 1. The number of carbonyl (C=O) groups is 3. The lowest BCUT2D eigenvalue weighted by Gasteiger charge is -2.21. The van der Waals surface area contributed by atoms with Crippen LogP contribution < -0.4 is 5.32 Å². The maximum Gasteiger partial charge on any atom is 0.326 e. The molecule has 6 nitrogen and oxygen atoms in total. The molecule has 20 heavy (non-hydrogen) atoms. The van der Waals surface area contributed by atoms with E-state index in [1.54, 1.807) is 0 Å². The van der Waals surface area contributed by atoms with Crippen LogP contribution in [0.1, 0.15) is 33.1 Å². The summed E-state index contributed by atoms with van der Waals surface area (Å²) in [4.78, 5) is 34.8. The van der Waals surface area contributed by atoms with Crippen LogP contribution in [0.5, 0.6) is 0 Å². The number of thioether (sulfide) groups is 1. The quantitative estimate of drug-likeness (QED) is 0.414. The van der Waals surface area contributed by atoms with Crippen LogP contribution in [0.4, 0.5) is 0 Å². The first kappa shape index (κ1) is 18.8. The molecule has 2 amide bonds. The van der Waals surface area contributed by atoms with Gasteiger partial charge >= 0.3 is 5.97 Å². The Balaban J connectivity index is 3.99. The number of nitrogens with zero attached hydrogens (tertiary/aromatic N) is 1. The molecule has 1 atom stereocenters. The van der Waals surface area contributed by atoms with Gasteiger partial charge in [-0.25, -0.2) is 4.79 Å². The SMILES string of the molecule is CCCN(CCC)C(=O)CSCCC(NC=O)C(=O)O. The van der Waals surface area contributed by atoms with Crippen molar-refractivity contribution in [1.29, 1.82) is 0 Å². The predicted molar refractivity (Wildman–Crippen MR) is 79.7 cm³/mol. The Labute approximate surface area is 124 Å². The van der Waals surface area contributed by atoms with Crippen LogP contribution in [0.15, 0.2) is 0 Å². The molecule has 0 aliphatic heterocycles. The number of nitrogens with one attached hydrogen (secondary N) is 1. The van der Waals surface area contributed by atoms with Crippen molar-refractivity contribution in [3.63, 3.8) is 0 Å². The van der Waals surface area contributed by atoms with E-state index in [1.807, 2.05) is 18.7 Å². The minimum atomic E-state index is -1.05. The molecule has 0 aromatic carbocycles. The van der Waals surface area contributed by atoms with Crippen LogP contribution in [0.3, 0.4) is 0 Å². The summed E-state index contributed by atoms with van der Waals surface area (Å²) in [7, 11) is 0. The van der Waals surface area contributed by atoms with Gasteiger partial charge < -0.3 is 15.3 Å². The first-order valence-corrected chi connectivity index (χ1v) is 8.00. The van der Waals surface area contributed by atoms with Gasteiger partial charge in [0.05, 0.1) is 5.75 Å². The van der Waals surface area contributed by atoms with Crippen LogP contribution in [-0.4, -0.2) is 58.9 Å². The fourth-order valence-corrected chi connectivity index (χ4v) is 2.62. The molecule has 0 saturated heterocycles. The minimum Gasteiger partial charge on any atom is -0.480 e. The lowest BCUT2D eigenvalue weighted by molar-refractivity contribution is -0.140. The topological polar surface area (TPSA) is 86.7 Å². The third kappa shape index (κ3) is 8.04. The van der Waals surface area contributed by atoms with Gasteiger partial charge in [0.2, 0.25) is 12.3 Å². The van der Waals surface area contributed by atoms with Gasteiger partial charge in [-0.3, -0.25) is 9.59 Å². The van der Waals surface area contributed by atoms with Crippen molar-refractivity contribution in [2.24, 2.45) is 0 Å². The molecule has 0 bridgehead atoms. The second kappa shape index (κ2) is 11.6. The van der Waals surface area contributed by atoms with Crippen molar-refractivity contribution >= 4 is 30.0 Å². The van der Waals surface area contributed by atoms with Crippen LogP contribution in [0, 0.1) is 0 Å². The Bertz CT molecular complexity index is 307. The smallest absolute Gasteiger partial charge is 0.326 e. The monoisotopic (exact) mass is 304 g/mol. The Kier molecular flexibility index (Phi) is 10.9. The molecule has 7 heteroatoms. The molecule has 0 radical (unpaired) electrons. The molecule has 116 valence electrons. The first-order chi connectivity index (χ1) is 9.56. The zero-order valence-corrected chi connectivity index (χ0v) is 12.9. The third-order valence-corrected chi connectivity index (χ3v) is 3.66. The summed E-state index contributed by atoms with van der Waals surface area (Å²) < 4.78 is 0. The van der Waals surface area contributed by atoms with Gasteiger partial charge in [0, 0.05) is 13.1 Å². The molecule has 0 heterocycles. The van der Waals surface area contributed by atoms with Crippen molar-refractivity contribution in [3.8, 4) is 0 Å². The Morgan fingerprint density at radius 2 is 1.90 bits per heavy atom. The molecule has 0 aromatic rings. The largest absolute Gasteiger partial charge is 0.480 e. The van der Waals surface area contributed by atoms with Gasteiger partial charge in [0.15, 0.2) is 0 Å². The summed E-state index contributed by atoms with van der Waals surface area (Å²) >= 11 is 1.40. The maximum atomic E-state index is 11.9. The molecular formula is C13H24N2O4S. The van der Waals surface area contributed by atoms with Crippen LogP contribution in [0.25, 0.3) is 0 Å². The van der Waals surface area contributed by atoms with Gasteiger partial charge in [-0.15, -0.1) is 0 Å². The van der Waals surface area contributed by atoms with Gasteiger partial charge in [-0.2, -0.15) is 11.8 Å². The molecule has 0 saturated carbocycles. The van der Waals surface area contributed by atoms with Crippen molar-refractivity contribution in [1.82, 2.24) is 10.2 Å². The highest BCUT2D eigenvalue weighted by Crippen LogP contribution is 2.08. The Morgan fingerprint density at radius 1 is 1.30 bits per heavy atom. The third-order valence-electron chi connectivity index (χ3n) is 2.68. The van der Waals surface area contributed by atoms with Crippen LogP contribution in [-0.2, 0) is 14.4 Å². The first-order valence-electron chi connectivity index (χ1n) is 6.84.